The van der Waals surface area contributed by atoms with E-state index in [0.717, 1.165) is 12.1 Å². The highest BCUT2D eigenvalue weighted by molar-refractivity contribution is 7.81. The van der Waals surface area contributed by atoms with Crippen molar-refractivity contribution in [3.05, 3.63) is 34.3 Å². The Balaban J connectivity index is 2.45. The van der Waals surface area contributed by atoms with Crippen molar-refractivity contribution < 1.29 is 13.2 Å². The van der Waals surface area contributed by atoms with Crippen LogP contribution in [-0.2, 0) is 6.18 Å². The van der Waals surface area contributed by atoms with E-state index in [-0.39, 0.29) is 0 Å². The van der Waals surface area contributed by atoms with E-state index >= 15 is 0 Å². The summed E-state index contributed by atoms with van der Waals surface area (Å²) in [5.74, 6) is 0. The van der Waals surface area contributed by atoms with Crippen LogP contribution in [0.1, 0.15) is 5.56 Å². The van der Waals surface area contributed by atoms with Crippen molar-refractivity contribution >= 4 is 24.8 Å². The SMILES string of the molecule is FC(F)(F)c1cccc(-c2c(S)c2=S)c1. The number of rotatable bonds is 1. The van der Waals surface area contributed by atoms with Gasteiger partial charge in [-0.3, -0.25) is 0 Å². The zero-order chi connectivity index (χ0) is 11.2. The van der Waals surface area contributed by atoms with E-state index in [1.165, 1.54) is 6.07 Å². The average molecular weight is 246 g/mol. The minimum atomic E-state index is -4.32. The Morgan fingerprint density at radius 1 is 1.20 bits per heavy atom. The molecular weight excluding hydrogens is 241 g/mol. The van der Waals surface area contributed by atoms with Crippen LogP contribution >= 0.6 is 24.8 Å². The molecule has 0 aromatic heterocycles. The molecule has 15 heavy (non-hydrogen) atoms. The summed E-state index contributed by atoms with van der Waals surface area (Å²) in [6, 6.07) is 5.09. The van der Waals surface area contributed by atoms with Crippen molar-refractivity contribution in [3.8, 4) is 11.1 Å². The third-order valence-electron chi connectivity index (χ3n) is 2.10. The summed E-state index contributed by atoms with van der Waals surface area (Å²) in [5, 5.41) is 0. The Labute approximate surface area is 94.8 Å². The predicted octanol–water partition coefficient (Wildman–Crippen LogP) is 4.27. The fourth-order valence-electron chi connectivity index (χ4n) is 1.28. The number of alkyl halides is 3. The standard InChI is InChI=1S/C10H5F3S2/c11-10(12,13)6-3-1-2-5(4-6)7-8(14)9(7)15/h1-4,14H. The van der Waals surface area contributed by atoms with E-state index in [0.29, 0.717) is 20.5 Å². The van der Waals surface area contributed by atoms with Gasteiger partial charge in [-0.05, 0) is 17.7 Å². The van der Waals surface area contributed by atoms with Gasteiger partial charge in [0.15, 0.2) is 0 Å². The summed E-state index contributed by atoms with van der Waals surface area (Å²) in [7, 11) is 0. The molecule has 5 heteroatoms. The van der Waals surface area contributed by atoms with Crippen molar-refractivity contribution in [2.75, 3.05) is 0 Å². The molecule has 0 unspecified atom stereocenters. The maximum atomic E-state index is 12.4. The summed E-state index contributed by atoms with van der Waals surface area (Å²) >= 11 is 8.92. The van der Waals surface area contributed by atoms with Crippen LogP contribution in [0, 0.1) is 4.51 Å². The quantitative estimate of drug-likeness (QED) is 0.579. The van der Waals surface area contributed by atoms with E-state index in [9.17, 15) is 13.2 Å². The van der Waals surface area contributed by atoms with Crippen LogP contribution in [0.25, 0.3) is 11.1 Å². The minimum absolute atomic E-state index is 0.486. The summed E-state index contributed by atoms with van der Waals surface area (Å²) < 4.78 is 37.7. The lowest BCUT2D eigenvalue weighted by Crippen LogP contribution is -2.04. The summed E-state index contributed by atoms with van der Waals surface area (Å²) in [5.41, 5.74) is 0.475. The Hall–Kier alpha value is -0.810. The molecule has 0 aliphatic rings. The van der Waals surface area contributed by atoms with Crippen molar-refractivity contribution in [1.82, 2.24) is 0 Å². The van der Waals surface area contributed by atoms with Gasteiger partial charge in [0, 0.05) is 10.5 Å². The highest BCUT2D eigenvalue weighted by Gasteiger charge is 2.31. The number of hydrogen-bond acceptors (Lipinski definition) is 2. The first-order valence-corrected chi connectivity index (χ1v) is 4.92. The van der Waals surface area contributed by atoms with Gasteiger partial charge in [-0.2, -0.15) is 13.2 Å². The fraction of sp³-hybridized carbons (Fsp3) is 0.100. The Bertz CT molecular complexity index is 519. The van der Waals surface area contributed by atoms with Gasteiger partial charge < -0.3 is 0 Å². The third-order valence-corrected chi connectivity index (χ3v) is 3.10. The number of benzene rings is 1. The van der Waals surface area contributed by atoms with Gasteiger partial charge in [-0.1, -0.05) is 24.4 Å². The zero-order valence-electron chi connectivity index (χ0n) is 7.30. The Kier molecular flexibility index (Phi) is 2.39. The van der Waals surface area contributed by atoms with Crippen LogP contribution in [-0.4, -0.2) is 0 Å². The van der Waals surface area contributed by atoms with Gasteiger partial charge in [0.05, 0.1) is 10.1 Å². The molecule has 2 aromatic carbocycles. The maximum Gasteiger partial charge on any atom is 0.416 e. The van der Waals surface area contributed by atoms with E-state index in [1.54, 1.807) is 6.07 Å². The van der Waals surface area contributed by atoms with E-state index in [2.05, 4.69) is 12.6 Å². The molecule has 0 heterocycles. The molecule has 0 N–H and O–H groups in total. The molecule has 0 fully saturated rings. The van der Waals surface area contributed by atoms with Crippen LogP contribution in [0.3, 0.4) is 0 Å². The molecule has 0 bridgehead atoms. The lowest BCUT2D eigenvalue weighted by molar-refractivity contribution is -0.137. The van der Waals surface area contributed by atoms with E-state index in [1.807, 2.05) is 0 Å². The zero-order valence-corrected chi connectivity index (χ0v) is 9.01. The third kappa shape index (κ3) is 1.94. The molecule has 2 aromatic rings. The molecule has 78 valence electrons. The number of hydrogen-bond donors (Lipinski definition) is 1. The van der Waals surface area contributed by atoms with Crippen molar-refractivity contribution in [2.45, 2.75) is 11.1 Å². The molecule has 0 aliphatic heterocycles. The summed E-state index contributed by atoms with van der Waals surface area (Å²) in [6.45, 7) is 0. The van der Waals surface area contributed by atoms with Crippen molar-refractivity contribution in [2.24, 2.45) is 0 Å². The molecule has 0 amide bonds. The lowest BCUT2D eigenvalue weighted by atomic mass is 10.1. The molecule has 0 saturated heterocycles. The fourth-order valence-corrected chi connectivity index (χ4v) is 1.92. The first-order valence-electron chi connectivity index (χ1n) is 4.07. The predicted molar refractivity (Wildman–Crippen MR) is 57.3 cm³/mol. The Morgan fingerprint density at radius 2 is 1.80 bits per heavy atom. The lowest BCUT2D eigenvalue weighted by Gasteiger charge is -2.06. The van der Waals surface area contributed by atoms with Crippen LogP contribution in [0.5, 0.6) is 0 Å². The van der Waals surface area contributed by atoms with Gasteiger partial charge in [0.25, 0.3) is 0 Å². The normalized spacial score (nSPS) is 12.3. The smallest absolute Gasteiger partial charge is 0.166 e. The topological polar surface area (TPSA) is 0 Å². The first kappa shape index (κ1) is 10.7. The average Bonchev–Trinajstić information content (AvgIpc) is 2.74. The number of thiol groups is 1. The molecule has 0 spiro atoms. The largest absolute Gasteiger partial charge is 0.416 e. The molecule has 0 aliphatic carbocycles. The second-order valence-corrected chi connectivity index (χ2v) is 3.99. The van der Waals surface area contributed by atoms with Gasteiger partial charge in [0.1, 0.15) is 0 Å². The maximum absolute atomic E-state index is 12.4. The minimum Gasteiger partial charge on any atom is -0.166 e. The molecular formula is C10H5F3S2. The molecule has 0 radical (unpaired) electrons. The number of halogens is 3. The molecule has 0 saturated carbocycles. The highest BCUT2D eigenvalue weighted by Crippen LogP contribution is 2.40. The van der Waals surface area contributed by atoms with Gasteiger partial charge >= 0.3 is 6.18 Å². The van der Waals surface area contributed by atoms with Crippen molar-refractivity contribution in [1.29, 1.82) is 0 Å². The molecule has 0 nitrogen and oxygen atoms in total. The van der Waals surface area contributed by atoms with Crippen LogP contribution in [0.4, 0.5) is 13.2 Å². The van der Waals surface area contributed by atoms with Gasteiger partial charge in [-0.25, -0.2) is 0 Å². The van der Waals surface area contributed by atoms with E-state index in [4.69, 9.17) is 12.2 Å². The van der Waals surface area contributed by atoms with Gasteiger partial charge in [0.2, 0.25) is 0 Å². The van der Waals surface area contributed by atoms with Gasteiger partial charge in [-0.15, -0.1) is 12.6 Å². The molecule has 0 atom stereocenters. The van der Waals surface area contributed by atoms with Crippen molar-refractivity contribution in [3.63, 3.8) is 0 Å². The van der Waals surface area contributed by atoms with Crippen LogP contribution in [0.15, 0.2) is 29.2 Å². The van der Waals surface area contributed by atoms with Crippen LogP contribution < -0.4 is 0 Å². The highest BCUT2D eigenvalue weighted by atomic mass is 32.1. The second-order valence-electron chi connectivity index (χ2n) is 3.13. The Morgan fingerprint density at radius 3 is 2.27 bits per heavy atom. The van der Waals surface area contributed by atoms with E-state index < -0.39 is 11.7 Å². The van der Waals surface area contributed by atoms with Crippen LogP contribution in [0.2, 0.25) is 0 Å². The first-order chi connectivity index (χ1) is 6.91. The second kappa shape index (κ2) is 3.35. The molecule has 2 rings (SSSR count). The summed E-state index contributed by atoms with van der Waals surface area (Å²) in [6.07, 6.45) is -4.32. The monoisotopic (exact) mass is 246 g/mol. The summed E-state index contributed by atoms with van der Waals surface area (Å²) in [4.78, 5) is 0.615.